The standard InChI is InChI=1S/C13H20N2/c1-2-3-10-15-11-4-5-13(15)12-6-8-14-9-7-12/h6-9,13H,2-5,10-11H2,1H3/t13-/m1/s1. The maximum Gasteiger partial charge on any atom is 0.0349 e. The fourth-order valence-electron chi connectivity index (χ4n) is 2.42. The topological polar surface area (TPSA) is 16.1 Å². The maximum atomic E-state index is 4.09. The molecule has 15 heavy (non-hydrogen) atoms. The van der Waals surface area contributed by atoms with Crippen LogP contribution in [0.5, 0.6) is 0 Å². The van der Waals surface area contributed by atoms with Crippen molar-refractivity contribution < 1.29 is 0 Å². The second-order valence-corrected chi connectivity index (χ2v) is 4.33. The third-order valence-corrected chi connectivity index (χ3v) is 3.25. The van der Waals surface area contributed by atoms with E-state index in [0.29, 0.717) is 6.04 Å². The van der Waals surface area contributed by atoms with E-state index in [1.54, 1.807) is 0 Å². The van der Waals surface area contributed by atoms with Crippen LogP contribution < -0.4 is 0 Å². The summed E-state index contributed by atoms with van der Waals surface area (Å²) in [5.41, 5.74) is 1.44. The lowest BCUT2D eigenvalue weighted by Gasteiger charge is -2.24. The molecule has 1 fully saturated rings. The van der Waals surface area contributed by atoms with Crippen LogP contribution in [0, 0.1) is 0 Å². The fourth-order valence-corrected chi connectivity index (χ4v) is 2.42. The Labute approximate surface area is 92.3 Å². The Bertz CT molecular complexity index is 284. The zero-order valence-electron chi connectivity index (χ0n) is 9.52. The average Bonchev–Trinajstić information content (AvgIpc) is 2.75. The highest BCUT2D eigenvalue weighted by atomic mass is 15.2. The number of rotatable bonds is 4. The van der Waals surface area contributed by atoms with Gasteiger partial charge in [-0.1, -0.05) is 13.3 Å². The van der Waals surface area contributed by atoms with Gasteiger partial charge in [-0.2, -0.15) is 0 Å². The molecule has 0 saturated carbocycles. The minimum absolute atomic E-state index is 0.652. The molecule has 1 atom stereocenters. The molecule has 1 aliphatic heterocycles. The van der Waals surface area contributed by atoms with Crippen LogP contribution in [-0.2, 0) is 0 Å². The summed E-state index contributed by atoms with van der Waals surface area (Å²) < 4.78 is 0. The molecule has 0 N–H and O–H groups in total. The Morgan fingerprint density at radius 1 is 1.40 bits per heavy atom. The van der Waals surface area contributed by atoms with E-state index in [-0.39, 0.29) is 0 Å². The van der Waals surface area contributed by atoms with Gasteiger partial charge in [0.05, 0.1) is 0 Å². The van der Waals surface area contributed by atoms with Crippen molar-refractivity contribution in [1.29, 1.82) is 0 Å². The van der Waals surface area contributed by atoms with E-state index in [0.717, 1.165) is 0 Å². The summed E-state index contributed by atoms with van der Waals surface area (Å²) in [6.07, 6.45) is 9.09. The molecule has 0 aliphatic carbocycles. The zero-order chi connectivity index (χ0) is 10.5. The first-order valence-electron chi connectivity index (χ1n) is 6.06. The van der Waals surface area contributed by atoms with Gasteiger partial charge >= 0.3 is 0 Å². The number of likely N-dealkylation sites (tertiary alicyclic amines) is 1. The molecule has 0 spiro atoms. The molecule has 0 aromatic carbocycles. The Balaban J connectivity index is 2.01. The van der Waals surface area contributed by atoms with E-state index in [2.05, 4.69) is 28.9 Å². The van der Waals surface area contributed by atoms with Gasteiger partial charge in [-0.3, -0.25) is 9.88 Å². The van der Waals surface area contributed by atoms with Gasteiger partial charge in [0.15, 0.2) is 0 Å². The van der Waals surface area contributed by atoms with Crippen molar-refractivity contribution >= 4 is 0 Å². The van der Waals surface area contributed by atoms with Crippen molar-refractivity contribution in [3.8, 4) is 0 Å². The molecular formula is C13H20N2. The Hall–Kier alpha value is -0.890. The molecule has 2 nitrogen and oxygen atoms in total. The summed E-state index contributed by atoms with van der Waals surface area (Å²) in [5.74, 6) is 0. The minimum Gasteiger partial charge on any atom is -0.296 e. The van der Waals surface area contributed by atoms with Gasteiger partial charge in [0.2, 0.25) is 0 Å². The molecule has 1 aromatic heterocycles. The van der Waals surface area contributed by atoms with Crippen LogP contribution in [0.15, 0.2) is 24.5 Å². The minimum atomic E-state index is 0.652. The van der Waals surface area contributed by atoms with Gasteiger partial charge in [-0.15, -0.1) is 0 Å². The highest BCUT2D eigenvalue weighted by Crippen LogP contribution is 2.31. The zero-order valence-corrected chi connectivity index (χ0v) is 9.52. The second kappa shape index (κ2) is 5.26. The molecule has 1 aliphatic rings. The van der Waals surface area contributed by atoms with Crippen molar-refractivity contribution in [2.24, 2.45) is 0 Å². The van der Waals surface area contributed by atoms with Gasteiger partial charge in [0.25, 0.3) is 0 Å². The lowest BCUT2D eigenvalue weighted by atomic mass is 10.1. The molecule has 1 saturated heterocycles. The highest BCUT2D eigenvalue weighted by molar-refractivity contribution is 5.16. The van der Waals surface area contributed by atoms with Gasteiger partial charge < -0.3 is 0 Å². The molecule has 2 heterocycles. The van der Waals surface area contributed by atoms with E-state index in [1.165, 1.54) is 44.3 Å². The van der Waals surface area contributed by atoms with Crippen molar-refractivity contribution in [2.45, 2.75) is 38.6 Å². The van der Waals surface area contributed by atoms with Crippen molar-refractivity contribution in [1.82, 2.24) is 9.88 Å². The molecule has 82 valence electrons. The number of nitrogens with zero attached hydrogens (tertiary/aromatic N) is 2. The van der Waals surface area contributed by atoms with E-state index in [9.17, 15) is 0 Å². The van der Waals surface area contributed by atoms with Crippen LogP contribution >= 0.6 is 0 Å². The number of hydrogen-bond acceptors (Lipinski definition) is 2. The van der Waals surface area contributed by atoms with Gasteiger partial charge in [0, 0.05) is 18.4 Å². The summed E-state index contributed by atoms with van der Waals surface area (Å²) in [6.45, 7) is 4.79. The largest absolute Gasteiger partial charge is 0.296 e. The predicted molar refractivity (Wildman–Crippen MR) is 62.7 cm³/mol. The molecule has 2 heteroatoms. The second-order valence-electron chi connectivity index (χ2n) is 4.33. The van der Waals surface area contributed by atoms with E-state index in [4.69, 9.17) is 0 Å². The maximum absolute atomic E-state index is 4.09. The molecule has 0 bridgehead atoms. The molecule has 0 amide bonds. The third kappa shape index (κ3) is 2.57. The van der Waals surface area contributed by atoms with Crippen molar-refractivity contribution in [3.63, 3.8) is 0 Å². The Morgan fingerprint density at radius 2 is 2.20 bits per heavy atom. The summed E-state index contributed by atoms with van der Waals surface area (Å²) in [6, 6.07) is 4.98. The highest BCUT2D eigenvalue weighted by Gasteiger charge is 2.24. The van der Waals surface area contributed by atoms with Gasteiger partial charge in [0.1, 0.15) is 0 Å². The summed E-state index contributed by atoms with van der Waals surface area (Å²) in [7, 11) is 0. The van der Waals surface area contributed by atoms with E-state index in [1.807, 2.05) is 12.4 Å². The van der Waals surface area contributed by atoms with E-state index >= 15 is 0 Å². The van der Waals surface area contributed by atoms with Crippen molar-refractivity contribution in [2.75, 3.05) is 13.1 Å². The SMILES string of the molecule is CCCCN1CCC[C@@H]1c1ccncc1. The smallest absolute Gasteiger partial charge is 0.0349 e. The number of hydrogen-bond donors (Lipinski definition) is 0. The lowest BCUT2D eigenvalue weighted by Crippen LogP contribution is -2.24. The summed E-state index contributed by atoms with van der Waals surface area (Å²) in [5, 5.41) is 0. The first-order chi connectivity index (χ1) is 7.42. The predicted octanol–water partition coefficient (Wildman–Crippen LogP) is 3.02. The molecule has 1 aromatic rings. The Kier molecular flexibility index (Phi) is 3.73. The van der Waals surface area contributed by atoms with Gasteiger partial charge in [-0.05, 0) is 50.0 Å². The van der Waals surface area contributed by atoms with Crippen molar-refractivity contribution in [3.05, 3.63) is 30.1 Å². The number of aromatic nitrogens is 1. The monoisotopic (exact) mass is 204 g/mol. The first kappa shape index (κ1) is 10.6. The van der Waals surface area contributed by atoms with Crippen LogP contribution in [0.25, 0.3) is 0 Å². The van der Waals surface area contributed by atoms with Crippen LogP contribution in [0.2, 0.25) is 0 Å². The lowest BCUT2D eigenvalue weighted by molar-refractivity contribution is 0.253. The molecular weight excluding hydrogens is 184 g/mol. The fraction of sp³-hybridized carbons (Fsp3) is 0.615. The molecule has 0 unspecified atom stereocenters. The van der Waals surface area contributed by atoms with Crippen LogP contribution in [0.3, 0.4) is 0 Å². The third-order valence-electron chi connectivity index (χ3n) is 3.25. The summed E-state index contributed by atoms with van der Waals surface area (Å²) >= 11 is 0. The van der Waals surface area contributed by atoms with Crippen LogP contribution in [0.1, 0.15) is 44.2 Å². The van der Waals surface area contributed by atoms with Crippen LogP contribution in [0.4, 0.5) is 0 Å². The first-order valence-corrected chi connectivity index (χ1v) is 6.06. The van der Waals surface area contributed by atoms with Gasteiger partial charge in [-0.25, -0.2) is 0 Å². The number of pyridine rings is 1. The average molecular weight is 204 g/mol. The molecule has 2 rings (SSSR count). The van der Waals surface area contributed by atoms with Crippen LogP contribution in [-0.4, -0.2) is 23.0 Å². The van der Waals surface area contributed by atoms with E-state index < -0.39 is 0 Å². The number of unbranched alkanes of at least 4 members (excludes halogenated alkanes) is 1. The normalized spacial score (nSPS) is 22.1. The quantitative estimate of drug-likeness (QED) is 0.749. The summed E-state index contributed by atoms with van der Waals surface area (Å²) in [4.78, 5) is 6.71. The molecule has 0 radical (unpaired) electrons. The Morgan fingerprint density at radius 3 is 2.93 bits per heavy atom.